The fourth-order valence-electron chi connectivity index (χ4n) is 2.90. The first-order chi connectivity index (χ1) is 9.77. The number of hydrogen-bond donors (Lipinski definition) is 0. The largest absolute Gasteiger partial charge is 0.350 e. The maximum atomic E-state index is 5.85. The van der Waals surface area contributed by atoms with Crippen LogP contribution < -0.4 is 0 Å². The molecular formula is C18H36O2. The Morgan fingerprint density at radius 3 is 1.65 bits per heavy atom. The molecule has 1 fully saturated rings. The number of ether oxygens (including phenoxy) is 2. The van der Waals surface area contributed by atoms with Crippen molar-refractivity contribution in [3.05, 3.63) is 0 Å². The third-order valence-electron chi connectivity index (χ3n) is 4.34. The van der Waals surface area contributed by atoms with E-state index < -0.39 is 0 Å². The van der Waals surface area contributed by atoms with Crippen LogP contribution in [0.15, 0.2) is 0 Å². The molecule has 0 atom stereocenters. The molecule has 0 saturated carbocycles. The highest BCUT2D eigenvalue weighted by molar-refractivity contribution is 4.66. The van der Waals surface area contributed by atoms with Crippen LogP contribution in [0, 0.1) is 0 Å². The van der Waals surface area contributed by atoms with Crippen molar-refractivity contribution in [3.8, 4) is 0 Å². The highest BCUT2D eigenvalue weighted by Gasteiger charge is 2.26. The molecule has 2 heteroatoms. The minimum Gasteiger partial charge on any atom is -0.350 e. The zero-order chi connectivity index (χ0) is 14.5. The maximum Gasteiger partial charge on any atom is 0.165 e. The molecule has 120 valence electrons. The lowest BCUT2D eigenvalue weighted by molar-refractivity contribution is -0.217. The predicted octanol–water partition coefficient (Wildman–Crippen LogP) is 5.84. The van der Waals surface area contributed by atoms with E-state index in [2.05, 4.69) is 13.8 Å². The van der Waals surface area contributed by atoms with Crippen molar-refractivity contribution >= 4 is 0 Å². The molecule has 0 bridgehead atoms. The van der Waals surface area contributed by atoms with Crippen molar-refractivity contribution in [3.63, 3.8) is 0 Å². The van der Waals surface area contributed by atoms with Gasteiger partial charge in [-0.3, -0.25) is 0 Å². The van der Waals surface area contributed by atoms with Crippen LogP contribution in [0.1, 0.15) is 97.3 Å². The van der Waals surface area contributed by atoms with Crippen molar-refractivity contribution in [2.45, 2.75) is 103 Å². The number of hydrogen-bond acceptors (Lipinski definition) is 2. The lowest BCUT2D eigenvalue weighted by Crippen LogP contribution is -2.31. The van der Waals surface area contributed by atoms with Crippen LogP contribution in [0.5, 0.6) is 0 Å². The van der Waals surface area contributed by atoms with E-state index in [9.17, 15) is 0 Å². The molecule has 0 N–H and O–H groups in total. The van der Waals surface area contributed by atoms with Gasteiger partial charge in [0.2, 0.25) is 0 Å². The second-order valence-electron chi connectivity index (χ2n) is 6.47. The van der Waals surface area contributed by atoms with Gasteiger partial charge in [-0.15, -0.1) is 0 Å². The van der Waals surface area contributed by atoms with Crippen molar-refractivity contribution in [2.75, 3.05) is 13.2 Å². The molecule has 1 aliphatic heterocycles. The topological polar surface area (TPSA) is 18.5 Å². The summed E-state index contributed by atoms with van der Waals surface area (Å²) >= 11 is 0. The molecule has 20 heavy (non-hydrogen) atoms. The van der Waals surface area contributed by atoms with Crippen LogP contribution in [0.25, 0.3) is 0 Å². The van der Waals surface area contributed by atoms with Crippen LogP contribution in [-0.4, -0.2) is 19.0 Å². The Kier molecular flexibility index (Phi) is 10.4. The smallest absolute Gasteiger partial charge is 0.165 e. The first-order valence-electron chi connectivity index (χ1n) is 9.05. The highest BCUT2D eigenvalue weighted by atomic mass is 16.7. The Balaban J connectivity index is 1.88. The van der Waals surface area contributed by atoms with Gasteiger partial charge in [0.15, 0.2) is 5.79 Å². The standard InChI is InChI=1S/C18H36O2/c1-3-4-5-6-7-8-9-10-11-12-15-18(2)19-16-13-14-17-20-18/h3-17H2,1-2H3. The molecule has 1 rings (SSSR count). The molecule has 1 aliphatic rings. The first-order valence-corrected chi connectivity index (χ1v) is 9.05. The molecular weight excluding hydrogens is 248 g/mol. The van der Waals surface area contributed by atoms with Crippen molar-refractivity contribution in [2.24, 2.45) is 0 Å². The van der Waals surface area contributed by atoms with Gasteiger partial charge in [-0.2, -0.15) is 0 Å². The molecule has 1 saturated heterocycles. The van der Waals surface area contributed by atoms with E-state index in [-0.39, 0.29) is 5.79 Å². The van der Waals surface area contributed by atoms with E-state index >= 15 is 0 Å². The van der Waals surface area contributed by atoms with Crippen LogP contribution >= 0.6 is 0 Å². The van der Waals surface area contributed by atoms with E-state index in [0.717, 1.165) is 32.5 Å². The van der Waals surface area contributed by atoms with Crippen LogP contribution in [0.4, 0.5) is 0 Å². The Morgan fingerprint density at radius 2 is 1.15 bits per heavy atom. The summed E-state index contributed by atoms with van der Waals surface area (Å²) in [6, 6.07) is 0. The van der Waals surface area contributed by atoms with Gasteiger partial charge in [0.1, 0.15) is 0 Å². The summed E-state index contributed by atoms with van der Waals surface area (Å²) in [7, 11) is 0. The molecule has 0 radical (unpaired) electrons. The van der Waals surface area contributed by atoms with Gasteiger partial charge in [0, 0.05) is 6.42 Å². The molecule has 0 aliphatic carbocycles. The quantitative estimate of drug-likeness (QED) is 0.444. The van der Waals surface area contributed by atoms with E-state index in [0.29, 0.717) is 0 Å². The molecule has 0 aromatic carbocycles. The summed E-state index contributed by atoms with van der Waals surface area (Å²) in [4.78, 5) is 0. The van der Waals surface area contributed by atoms with Gasteiger partial charge in [-0.25, -0.2) is 0 Å². The third-order valence-corrected chi connectivity index (χ3v) is 4.34. The van der Waals surface area contributed by atoms with Gasteiger partial charge in [-0.1, -0.05) is 64.7 Å². The summed E-state index contributed by atoms with van der Waals surface area (Å²) in [5, 5.41) is 0. The van der Waals surface area contributed by atoms with E-state index in [1.165, 1.54) is 64.2 Å². The Labute approximate surface area is 126 Å². The van der Waals surface area contributed by atoms with Gasteiger partial charge in [-0.05, 0) is 26.2 Å². The van der Waals surface area contributed by atoms with Crippen LogP contribution in [0.2, 0.25) is 0 Å². The summed E-state index contributed by atoms with van der Waals surface area (Å²) < 4.78 is 11.7. The lowest BCUT2D eigenvalue weighted by Gasteiger charge is -2.28. The van der Waals surface area contributed by atoms with Gasteiger partial charge < -0.3 is 9.47 Å². The maximum absolute atomic E-state index is 5.85. The Hall–Kier alpha value is -0.0800. The molecule has 0 aromatic rings. The zero-order valence-corrected chi connectivity index (χ0v) is 13.9. The summed E-state index contributed by atoms with van der Waals surface area (Å²) in [5.74, 6) is -0.295. The fraction of sp³-hybridized carbons (Fsp3) is 1.00. The minimum absolute atomic E-state index is 0.295. The highest BCUT2D eigenvalue weighted by Crippen LogP contribution is 2.24. The normalized spacial score (nSPS) is 18.9. The average molecular weight is 284 g/mol. The second-order valence-corrected chi connectivity index (χ2v) is 6.47. The third kappa shape index (κ3) is 8.97. The zero-order valence-electron chi connectivity index (χ0n) is 13.9. The van der Waals surface area contributed by atoms with Crippen LogP contribution in [0.3, 0.4) is 0 Å². The summed E-state index contributed by atoms with van der Waals surface area (Å²) in [5.41, 5.74) is 0. The second kappa shape index (κ2) is 11.6. The Morgan fingerprint density at radius 1 is 0.700 bits per heavy atom. The van der Waals surface area contributed by atoms with Gasteiger partial charge >= 0.3 is 0 Å². The fourth-order valence-corrected chi connectivity index (χ4v) is 2.90. The number of unbranched alkanes of at least 4 members (excludes halogenated alkanes) is 9. The molecule has 1 heterocycles. The van der Waals surface area contributed by atoms with Crippen molar-refractivity contribution in [1.82, 2.24) is 0 Å². The monoisotopic (exact) mass is 284 g/mol. The molecule has 2 nitrogen and oxygen atoms in total. The van der Waals surface area contributed by atoms with E-state index in [1.807, 2.05) is 0 Å². The molecule has 0 unspecified atom stereocenters. The molecule has 0 amide bonds. The van der Waals surface area contributed by atoms with Crippen molar-refractivity contribution in [1.29, 1.82) is 0 Å². The van der Waals surface area contributed by atoms with E-state index in [1.54, 1.807) is 0 Å². The predicted molar refractivity (Wildman–Crippen MR) is 86.0 cm³/mol. The summed E-state index contributed by atoms with van der Waals surface area (Å²) in [6.07, 6.45) is 17.2. The van der Waals surface area contributed by atoms with Gasteiger partial charge in [0.05, 0.1) is 13.2 Å². The van der Waals surface area contributed by atoms with Crippen LogP contribution in [-0.2, 0) is 9.47 Å². The minimum atomic E-state index is -0.295. The summed E-state index contributed by atoms with van der Waals surface area (Å²) in [6.45, 7) is 6.14. The average Bonchev–Trinajstić information content (AvgIpc) is 2.66. The first kappa shape index (κ1) is 18.0. The molecule has 0 aromatic heterocycles. The van der Waals surface area contributed by atoms with Crippen molar-refractivity contribution < 1.29 is 9.47 Å². The van der Waals surface area contributed by atoms with Gasteiger partial charge in [0.25, 0.3) is 0 Å². The Bertz CT molecular complexity index is 207. The molecule has 0 spiro atoms. The van der Waals surface area contributed by atoms with E-state index in [4.69, 9.17) is 9.47 Å². The number of rotatable bonds is 11. The SMILES string of the molecule is CCCCCCCCCCCCC1(C)OCCCCO1. The lowest BCUT2D eigenvalue weighted by atomic mass is 10.0.